The van der Waals surface area contributed by atoms with Crippen LogP contribution in [0.1, 0.15) is 0 Å². The van der Waals surface area contributed by atoms with Gasteiger partial charge in [0.05, 0.1) is 19.3 Å². The van der Waals surface area contributed by atoms with E-state index in [9.17, 15) is 5.11 Å². The Morgan fingerprint density at radius 1 is 1.50 bits per heavy atom. The summed E-state index contributed by atoms with van der Waals surface area (Å²) in [6, 6.07) is 5.03. The first-order valence-corrected chi connectivity index (χ1v) is 4.86. The number of hydrogen-bond donors (Lipinski definition) is 1. The average molecular weight is 219 g/mol. The van der Waals surface area contributed by atoms with Crippen LogP contribution in [0.5, 0.6) is 11.5 Å². The van der Waals surface area contributed by atoms with E-state index < -0.39 is 0 Å². The quantitative estimate of drug-likeness (QED) is 0.828. The number of nitrogens with zero attached hydrogens (tertiary/aromatic N) is 1. The molecule has 84 valence electrons. The first kappa shape index (κ1) is 10.4. The van der Waals surface area contributed by atoms with Gasteiger partial charge in [-0.3, -0.25) is 0 Å². The van der Waals surface area contributed by atoms with Crippen LogP contribution in [0.4, 0.5) is 5.69 Å². The highest BCUT2D eigenvalue weighted by Crippen LogP contribution is 2.31. The second-order valence-electron chi connectivity index (χ2n) is 3.46. The highest BCUT2D eigenvalue weighted by Gasteiger charge is 2.13. The molecule has 0 amide bonds. The molecular weight excluding hydrogens is 206 g/mol. The first-order chi connectivity index (χ1) is 7.70. The SMILES string of the molecule is C=C1C=CON(c2ccc(O)c(OC)c2)C1. The molecule has 16 heavy (non-hydrogen) atoms. The fraction of sp³-hybridized carbons (Fsp3) is 0.167. The number of anilines is 1. The molecule has 0 aromatic heterocycles. The molecule has 1 aromatic rings. The number of hydrogen-bond acceptors (Lipinski definition) is 4. The van der Waals surface area contributed by atoms with Crippen molar-refractivity contribution in [3.05, 3.63) is 42.7 Å². The lowest BCUT2D eigenvalue weighted by Gasteiger charge is -2.26. The lowest BCUT2D eigenvalue weighted by molar-refractivity contribution is 0.214. The average Bonchev–Trinajstić information content (AvgIpc) is 2.29. The molecule has 1 N–H and O–H groups in total. The zero-order valence-electron chi connectivity index (χ0n) is 9.01. The molecule has 0 atom stereocenters. The molecule has 0 aliphatic carbocycles. The molecule has 1 aliphatic rings. The number of benzene rings is 1. The highest BCUT2D eigenvalue weighted by molar-refractivity contribution is 5.55. The van der Waals surface area contributed by atoms with Crippen LogP contribution in [0.2, 0.25) is 0 Å². The van der Waals surface area contributed by atoms with Gasteiger partial charge in [0.15, 0.2) is 11.5 Å². The molecule has 1 aliphatic heterocycles. The Bertz CT molecular complexity index is 440. The second-order valence-corrected chi connectivity index (χ2v) is 3.46. The van der Waals surface area contributed by atoms with Gasteiger partial charge in [0.25, 0.3) is 0 Å². The molecule has 0 bridgehead atoms. The highest BCUT2D eigenvalue weighted by atomic mass is 16.7. The van der Waals surface area contributed by atoms with Gasteiger partial charge in [-0.1, -0.05) is 6.58 Å². The van der Waals surface area contributed by atoms with Crippen LogP contribution in [-0.4, -0.2) is 18.8 Å². The lowest BCUT2D eigenvalue weighted by atomic mass is 10.2. The molecule has 0 saturated carbocycles. The van der Waals surface area contributed by atoms with E-state index in [0.717, 1.165) is 11.3 Å². The van der Waals surface area contributed by atoms with Gasteiger partial charge in [0.1, 0.15) is 6.26 Å². The van der Waals surface area contributed by atoms with E-state index in [1.165, 1.54) is 7.11 Å². The Balaban J connectivity index is 2.27. The van der Waals surface area contributed by atoms with Crippen LogP contribution < -0.4 is 9.80 Å². The van der Waals surface area contributed by atoms with E-state index in [1.807, 2.05) is 6.08 Å². The predicted octanol–water partition coefficient (Wildman–Crippen LogP) is 2.22. The molecule has 4 nitrogen and oxygen atoms in total. The third-order valence-electron chi connectivity index (χ3n) is 2.29. The van der Waals surface area contributed by atoms with E-state index in [0.29, 0.717) is 12.3 Å². The van der Waals surface area contributed by atoms with E-state index in [2.05, 4.69) is 6.58 Å². The van der Waals surface area contributed by atoms with Gasteiger partial charge in [0, 0.05) is 6.07 Å². The van der Waals surface area contributed by atoms with Crippen LogP contribution in [0, 0.1) is 0 Å². The maximum atomic E-state index is 9.47. The van der Waals surface area contributed by atoms with Gasteiger partial charge in [-0.05, 0) is 23.8 Å². The molecule has 0 fully saturated rings. The molecule has 0 spiro atoms. The van der Waals surface area contributed by atoms with E-state index in [4.69, 9.17) is 9.57 Å². The summed E-state index contributed by atoms with van der Waals surface area (Å²) in [5.74, 6) is 0.527. The number of hydroxylamine groups is 1. The summed E-state index contributed by atoms with van der Waals surface area (Å²) >= 11 is 0. The van der Waals surface area contributed by atoms with Gasteiger partial charge < -0.3 is 14.7 Å². The molecule has 1 heterocycles. The van der Waals surface area contributed by atoms with Gasteiger partial charge in [-0.2, -0.15) is 0 Å². The molecular formula is C12H13NO3. The summed E-state index contributed by atoms with van der Waals surface area (Å²) in [5.41, 5.74) is 1.76. The van der Waals surface area contributed by atoms with Crippen molar-refractivity contribution in [3.63, 3.8) is 0 Å². The Kier molecular flexibility index (Phi) is 2.72. The summed E-state index contributed by atoms with van der Waals surface area (Å²) < 4.78 is 5.03. The third-order valence-corrected chi connectivity index (χ3v) is 2.29. The number of aromatic hydroxyl groups is 1. The minimum Gasteiger partial charge on any atom is -0.504 e. The fourth-order valence-corrected chi connectivity index (χ4v) is 1.45. The fourth-order valence-electron chi connectivity index (χ4n) is 1.45. The number of rotatable bonds is 2. The summed E-state index contributed by atoms with van der Waals surface area (Å²) in [6.07, 6.45) is 3.39. The van der Waals surface area contributed by atoms with Crippen LogP contribution in [0.15, 0.2) is 42.7 Å². The summed E-state index contributed by atoms with van der Waals surface area (Å²) in [7, 11) is 1.51. The Hall–Kier alpha value is -2.10. The number of phenolic OH excluding ortho intramolecular Hbond substituents is 1. The normalized spacial score (nSPS) is 14.8. The maximum Gasteiger partial charge on any atom is 0.162 e. The molecule has 2 rings (SSSR count). The topological polar surface area (TPSA) is 41.9 Å². The summed E-state index contributed by atoms with van der Waals surface area (Å²) in [4.78, 5) is 5.33. The zero-order valence-corrected chi connectivity index (χ0v) is 9.01. The smallest absolute Gasteiger partial charge is 0.162 e. The molecule has 4 heteroatoms. The Morgan fingerprint density at radius 3 is 3.00 bits per heavy atom. The van der Waals surface area contributed by atoms with Crippen molar-refractivity contribution in [1.82, 2.24) is 0 Å². The first-order valence-electron chi connectivity index (χ1n) is 4.86. The Labute approximate surface area is 94.0 Å². The van der Waals surface area contributed by atoms with Gasteiger partial charge in [-0.15, -0.1) is 0 Å². The van der Waals surface area contributed by atoms with Crippen molar-refractivity contribution in [2.45, 2.75) is 0 Å². The number of phenols is 1. The van der Waals surface area contributed by atoms with Crippen LogP contribution in [-0.2, 0) is 4.84 Å². The van der Waals surface area contributed by atoms with Crippen LogP contribution in [0.3, 0.4) is 0 Å². The largest absolute Gasteiger partial charge is 0.504 e. The van der Waals surface area contributed by atoms with Gasteiger partial charge in [0.2, 0.25) is 0 Å². The third kappa shape index (κ3) is 1.95. The monoisotopic (exact) mass is 219 g/mol. The van der Waals surface area contributed by atoms with Crippen molar-refractivity contribution in [2.75, 3.05) is 18.7 Å². The van der Waals surface area contributed by atoms with E-state index in [1.54, 1.807) is 29.5 Å². The molecule has 0 saturated heterocycles. The minimum absolute atomic E-state index is 0.109. The molecule has 0 radical (unpaired) electrons. The van der Waals surface area contributed by atoms with Gasteiger partial charge >= 0.3 is 0 Å². The molecule has 1 aromatic carbocycles. The summed E-state index contributed by atoms with van der Waals surface area (Å²) in [5, 5.41) is 11.1. The standard InChI is InChI=1S/C12H13NO3/c1-9-5-6-16-13(8-9)10-3-4-11(14)12(7-10)15-2/h3-7,14H,1,8H2,2H3. The van der Waals surface area contributed by atoms with Gasteiger partial charge in [-0.25, -0.2) is 5.06 Å². The maximum absolute atomic E-state index is 9.47. The summed E-state index contributed by atoms with van der Waals surface area (Å²) in [6.45, 7) is 4.45. The lowest BCUT2D eigenvalue weighted by Crippen LogP contribution is -2.25. The predicted molar refractivity (Wildman–Crippen MR) is 61.4 cm³/mol. The number of ether oxygens (including phenoxy) is 1. The van der Waals surface area contributed by atoms with E-state index >= 15 is 0 Å². The van der Waals surface area contributed by atoms with Crippen LogP contribution >= 0.6 is 0 Å². The second kappa shape index (κ2) is 4.18. The van der Waals surface area contributed by atoms with Crippen molar-refractivity contribution >= 4 is 5.69 Å². The van der Waals surface area contributed by atoms with Crippen molar-refractivity contribution < 1.29 is 14.7 Å². The molecule has 0 unspecified atom stereocenters. The zero-order chi connectivity index (χ0) is 11.5. The van der Waals surface area contributed by atoms with E-state index in [-0.39, 0.29) is 5.75 Å². The van der Waals surface area contributed by atoms with Crippen LogP contribution in [0.25, 0.3) is 0 Å². The van der Waals surface area contributed by atoms with Crippen molar-refractivity contribution in [2.24, 2.45) is 0 Å². The number of methoxy groups -OCH3 is 1. The van der Waals surface area contributed by atoms with Crippen molar-refractivity contribution in [1.29, 1.82) is 0 Å². The minimum atomic E-state index is 0.109. The van der Waals surface area contributed by atoms with Crippen molar-refractivity contribution in [3.8, 4) is 11.5 Å². The Morgan fingerprint density at radius 2 is 2.31 bits per heavy atom.